The third kappa shape index (κ3) is 4.64. The van der Waals surface area contributed by atoms with Crippen molar-refractivity contribution in [1.29, 1.82) is 0 Å². The van der Waals surface area contributed by atoms with Crippen LogP contribution in [0.3, 0.4) is 0 Å². The van der Waals surface area contributed by atoms with Gasteiger partial charge in [-0.25, -0.2) is 4.79 Å². The van der Waals surface area contributed by atoms with E-state index in [0.717, 1.165) is 11.1 Å². The molecule has 0 bridgehead atoms. The highest BCUT2D eigenvalue weighted by Gasteiger charge is 2.37. The van der Waals surface area contributed by atoms with Crippen LogP contribution in [0.5, 0.6) is 5.75 Å². The number of imide groups is 2. The Bertz CT molecular complexity index is 1020. The van der Waals surface area contributed by atoms with Crippen LogP contribution in [0.15, 0.2) is 42.1 Å². The van der Waals surface area contributed by atoms with Gasteiger partial charge < -0.3 is 9.64 Å². The Morgan fingerprint density at radius 3 is 2.84 bits per heavy atom. The van der Waals surface area contributed by atoms with Crippen molar-refractivity contribution in [3.63, 3.8) is 0 Å². The number of benzene rings is 1. The van der Waals surface area contributed by atoms with Gasteiger partial charge in [0.15, 0.2) is 0 Å². The molecule has 1 aromatic rings. The molecule has 0 radical (unpaired) electrons. The van der Waals surface area contributed by atoms with E-state index in [1.807, 2.05) is 17.2 Å². The highest BCUT2D eigenvalue weighted by atomic mass is 35.5. The summed E-state index contributed by atoms with van der Waals surface area (Å²) in [4.78, 5) is 50.1. The maximum absolute atomic E-state index is 12.6. The average molecular weight is 444 g/mol. The van der Waals surface area contributed by atoms with E-state index in [1.165, 1.54) is 0 Å². The Kier molecular flexibility index (Phi) is 5.82. The summed E-state index contributed by atoms with van der Waals surface area (Å²) in [6.07, 6.45) is 6.00. The van der Waals surface area contributed by atoms with Crippen LogP contribution in [0.2, 0.25) is 5.02 Å². The first-order valence-corrected chi connectivity index (χ1v) is 10.5. The lowest BCUT2D eigenvalue weighted by molar-refractivity contribution is -0.136. The zero-order chi connectivity index (χ0) is 22.1. The molecule has 2 N–H and O–H groups in total. The summed E-state index contributed by atoms with van der Waals surface area (Å²) in [7, 11) is 0. The lowest BCUT2D eigenvalue weighted by Crippen LogP contribution is -2.50. The minimum absolute atomic E-state index is 0.0705. The van der Waals surface area contributed by atoms with Gasteiger partial charge in [0.25, 0.3) is 0 Å². The molecule has 2 heterocycles. The summed E-state index contributed by atoms with van der Waals surface area (Å²) in [5.74, 6) is -1.09. The number of carbonyl (C=O) groups is 4. The van der Waals surface area contributed by atoms with E-state index in [-0.39, 0.29) is 23.8 Å². The van der Waals surface area contributed by atoms with Gasteiger partial charge in [0, 0.05) is 30.1 Å². The van der Waals surface area contributed by atoms with E-state index in [1.54, 1.807) is 31.2 Å². The first-order chi connectivity index (χ1) is 14.8. The van der Waals surface area contributed by atoms with Gasteiger partial charge in [0.05, 0.1) is 5.92 Å². The highest BCUT2D eigenvalue weighted by Crippen LogP contribution is 2.35. The number of hydrogen-bond donors (Lipinski definition) is 2. The van der Waals surface area contributed by atoms with Gasteiger partial charge in [-0.3, -0.25) is 25.0 Å². The third-order valence-corrected chi connectivity index (χ3v) is 6.21. The molecule has 3 aliphatic rings. The van der Waals surface area contributed by atoms with Gasteiger partial charge in [0.2, 0.25) is 17.7 Å². The van der Waals surface area contributed by atoms with Crippen molar-refractivity contribution >= 4 is 35.4 Å². The van der Waals surface area contributed by atoms with Gasteiger partial charge in [-0.05, 0) is 49.1 Å². The SMILES string of the molecule is Cc1cc(OC(=O)NC(=O)C2C=CC3=CN(C4CCC(=O)NC4=O)CC3C2)ccc1Cl. The number of allylic oxidation sites excluding steroid dienone is 1. The van der Waals surface area contributed by atoms with Crippen LogP contribution in [0, 0.1) is 18.8 Å². The Morgan fingerprint density at radius 1 is 1.29 bits per heavy atom. The molecular formula is C22H22ClN3O5. The molecule has 1 saturated heterocycles. The number of fused-ring (bicyclic) bond motifs is 1. The molecule has 3 atom stereocenters. The molecule has 1 aromatic carbocycles. The zero-order valence-electron chi connectivity index (χ0n) is 16.9. The van der Waals surface area contributed by atoms with Crippen LogP contribution in [-0.2, 0) is 14.4 Å². The number of aryl methyl sites for hydroxylation is 1. The molecule has 2 aliphatic heterocycles. The molecule has 9 heteroatoms. The summed E-state index contributed by atoms with van der Waals surface area (Å²) < 4.78 is 5.17. The van der Waals surface area contributed by atoms with Crippen molar-refractivity contribution in [1.82, 2.24) is 15.5 Å². The quantitative estimate of drug-likeness (QED) is 0.695. The van der Waals surface area contributed by atoms with E-state index < -0.39 is 17.9 Å². The lowest BCUT2D eigenvalue weighted by atomic mass is 9.84. The van der Waals surface area contributed by atoms with Gasteiger partial charge in [-0.2, -0.15) is 0 Å². The average Bonchev–Trinajstić information content (AvgIpc) is 3.13. The van der Waals surface area contributed by atoms with Gasteiger partial charge in [-0.1, -0.05) is 23.8 Å². The van der Waals surface area contributed by atoms with E-state index in [4.69, 9.17) is 16.3 Å². The largest absolute Gasteiger partial charge is 0.419 e. The smallest absolute Gasteiger partial charge is 0.410 e. The molecule has 0 aromatic heterocycles. The fourth-order valence-electron chi connectivity index (χ4n) is 4.13. The van der Waals surface area contributed by atoms with Crippen LogP contribution in [0.25, 0.3) is 0 Å². The molecule has 8 nitrogen and oxygen atoms in total. The molecular weight excluding hydrogens is 422 g/mol. The Balaban J connectivity index is 1.32. The monoisotopic (exact) mass is 443 g/mol. The Labute approximate surface area is 184 Å². The number of ether oxygens (including phenoxy) is 1. The predicted octanol–water partition coefficient (Wildman–Crippen LogP) is 2.46. The predicted molar refractivity (Wildman–Crippen MR) is 112 cm³/mol. The zero-order valence-corrected chi connectivity index (χ0v) is 17.6. The molecule has 1 aliphatic carbocycles. The minimum Gasteiger partial charge on any atom is -0.410 e. The van der Waals surface area contributed by atoms with E-state index >= 15 is 0 Å². The summed E-state index contributed by atoms with van der Waals surface area (Å²) in [6.45, 7) is 2.38. The van der Waals surface area contributed by atoms with Crippen molar-refractivity contribution in [2.45, 2.75) is 32.2 Å². The second-order valence-corrected chi connectivity index (χ2v) is 8.39. The second-order valence-electron chi connectivity index (χ2n) is 7.98. The van der Waals surface area contributed by atoms with Crippen LogP contribution in [-0.4, -0.2) is 41.3 Å². The van der Waals surface area contributed by atoms with Crippen molar-refractivity contribution in [2.24, 2.45) is 11.8 Å². The fourth-order valence-corrected chi connectivity index (χ4v) is 4.25. The number of halogens is 1. The minimum atomic E-state index is -0.849. The van der Waals surface area contributed by atoms with Crippen LogP contribution < -0.4 is 15.4 Å². The number of rotatable bonds is 3. The number of carbonyl (C=O) groups excluding carboxylic acids is 4. The van der Waals surface area contributed by atoms with E-state index in [2.05, 4.69) is 10.6 Å². The van der Waals surface area contributed by atoms with Crippen LogP contribution in [0.1, 0.15) is 24.8 Å². The van der Waals surface area contributed by atoms with Crippen molar-refractivity contribution in [3.8, 4) is 5.75 Å². The van der Waals surface area contributed by atoms with Gasteiger partial charge in [-0.15, -0.1) is 0 Å². The fraction of sp³-hybridized carbons (Fsp3) is 0.364. The Hall–Kier alpha value is -3.13. The van der Waals surface area contributed by atoms with Crippen molar-refractivity contribution < 1.29 is 23.9 Å². The van der Waals surface area contributed by atoms with Gasteiger partial charge >= 0.3 is 6.09 Å². The molecule has 0 spiro atoms. The van der Waals surface area contributed by atoms with Gasteiger partial charge in [0.1, 0.15) is 11.8 Å². The maximum Gasteiger partial charge on any atom is 0.419 e. The molecule has 1 fully saturated rings. The number of amides is 4. The molecule has 162 valence electrons. The normalized spacial score (nSPS) is 24.9. The Morgan fingerprint density at radius 2 is 2.10 bits per heavy atom. The summed E-state index contributed by atoms with van der Waals surface area (Å²) in [5.41, 5.74) is 1.79. The number of hydrogen-bond acceptors (Lipinski definition) is 6. The second kappa shape index (κ2) is 8.55. The van der Waals surface area contributed by atoms with Crippen LogP contribution in [0.4, 0.5) is 4.79 Å². The third-order valence-electron chi connectivity index (χ3n) is 5.79. The number of nitrogens with zero attached hydrogens (tertiary/aromatic N) is 1. The summed E-state index contributed by atoms with van der Waals surface area (Å²) in [5, 5.41) is 5.21. The first kappa shape index (κ1) is 21.1. The first-order valence-electron chi connectivity index (χ1n) is 10.1. The topological polar surface area (TPSA) is 105 Å². The summed E-state index contributed by atoms with van der Waals surface area (Å²) >= 11 is 5.96. The lowest BCUT2D eigenvalue weighted by Gasteiger charge is -2.30. The van der Waals surface area contributed by atoms with Crippen molar-refractivity contribution in [3.05, 3.63) is 52.7 Å². The van der Waals surface area contributed by atoms with Crippen molar-refractivity contribution in [2.75, 3.05) is 6.54 Å². The molecule has 4 amide bonds. The summed E-state index contributed by atoms with van der Waals surface area (Å²) in [6, 6.07) is 4.41. The van der Waals surface area contributed by atoms with E-state index in [9.17, 15) is 19.2 Å². The molecule has 4 rings (SSSR count). The number of nitrogens with one attached hydrogen (secondary N) is 2. The molecule has 0 saturated carbocycles. The highest BCUT2D eigenvalue weighted by molar-refractivity contribution is 6.31. The molecule has 31 heavy (non-hydrogen) atoms. The number of piperidine rings is 1. The van der Waals surface area contributed by atoms with E-state index in [0.29, 0.717) is 36.6 Å². The molecule has 3 unspecified atom stereocenters. The standard InChI is InChI=1S/C22H22ClN3O5/c1-12-8-16(4-5-17(12)23)31-22(30)25-20(28)13-2-3-14-10-26(11-15(14)9-13)18-6-7-19(27)24-21(18)29/h2-5,8,10,13,15,18H,6-7,9,11H2,1H3,(H,24,27,29)(H,25,28,30). The van der Waals surface area contributed by atoms with Crippen LogP contribution >= 0.6 is 11.6 Å². The maximum atomic E-state index is 12.6.